The molecule has 0 unspecified atom stereocenters. The topological polar surface area (TPSA) is 85.8 Å². The van der Waals surface area contributed by atoms with Crippen LogP contribution in [0.2, 0.25) is 10.0 Å². The van der Waals surface area contributed by atoms with Crippen LogP contribution in [-0.2, 0) is 27.9 Å². The highest BCUT2D eigenvalue weighted by Gasteiger charge is 2.27. The van der Waals surface area contributed by atoms with Crippen LogP contribution in [0.4, 0.5) is 0 Å². The molecule has 1 heterocycles. The molecule has 1 aromatic heterocycles. The molecule has 7 nitrogen and oxygen atoms in total. The quantitative estimate of drug-likeness (QED) is 0.245. The number of benzene rings is 3. The van der Waals surface area contributed by atoms with Crippen LogP contribution in [0.3, 0.4) is 0 Å². The molecule has 0 spiro atoms. The highest BCUT2D eigenvalue weighted by atomic mass is 35.5. The molecule has 0 aliphatic heterocycles. The van der Waals surface area contributed by atoms with Crippen LogP contribution < -0.4 is 4.74 Å². The van der Waals surface area contributed by atoms with Gasteiger partial charge in [-0.2, -0.15) is 4.31 Å². The zero-order chi connectivity index (χ0) is 26.7. The van der Waals surface area contributed by atoms with E-state index in [1.165, 1.54) is 26.3 Å². The lowest BCUT2D eigenvalue weighted by Gasteiger charge is -2.20. The van der Waals surface area contributed by atoms with E-state index in [1.54, 1.807) is 30.3 Å². The SMILES string of the molecule is COC(=O)c1cccc(CN(C)S(=O)(=O)c2ccc(Cl)c(COc3cccc4ccc(C)nc34)c2Cl)c1. The van der Waals surface area contributed by atoms with E-state index in [-0.39, 0.29) is 28.1 Å². The number of fused-ring (bicyclic) bond motifs is 1. The fourth-order valence-corrected chi connectivity index (χ4v) is 5.83. The summed E-state index contributed by atoms with van der Waals surface area (Å²) in [5.41, 5.74) is 2.81. The molecule has 0 radical (unpaired) electrons. The summed E-state index contributed by atoms with van der Waals surface area (Å²) in [6.45, 7) is 1.85. The van der Waals surface area contributed by atoms with Crippen molar-refractivity contribution in [2.24, 2.45) is 0 Å². The number of sulfonamides is 1. The number of para-hydroxylation sites is 1. The summed E-state index contributed by atoms with van der Waals surface area (Å²) in [4.78, 5) is 16.3. The maximum Gasteiger partial charge on any atom is 0.337 e. The van der Waals surface area contributed by atoms with Crippen molar-refractivity contribution in [3.63, 3.8) is 0 Å². The number of rotatable bonds is 8. The fourth-order valence-electron chi connectivity index (χ4n) is 3.82. The maximum absolute atomic E-state index is 13.4. The lowest BCUT2D eigenvalue weighted by atomic mass is 10.1. The van der Waals surface area contributed by atoms with Crippen molar-refractivity contribution in [2.45, 2.75) is 25.0 Å². The number of methoxy groups -OCH3 is 1. The predicted molar refractivity (Wildman–Crippen MR) is 144 cm³/mol. The first-order chi connectivity index (χ1) is 17.6. The lowest BCUT2D eigenvalue weighted by Crippen LogP contribution is -2.27. The zero-order valence-electron chi connectivity index (χ0n) is 20.4. The Morgan fingerprint density at radius 1 is 1.03 bits per heavy atom. The van der Waals surface area contributed by atoms with E-state index < -0.39 is 16.0 Å². The van der Waals surface area contributed by atoms with Gasteiger partial charge >= 0.3 is 5.97 Å². The number of ether oxygens (including phenoxy) is 2. The van der Waals surface area contributed by atoms with Crippen molar-refractivity contribution in [3.05, 3.63) is 99.2 Å². The van der Waals surface area contributed by atoms with Gasteiger partial charge in [-0.3, -0.25) is 0 Å². The summed E-state index contributed by atoms with van der Waals surface area (Å²) >= 11 is 13.0. The Balaban J connectivity index is 1.60. The van der Waals surface area contributed by atoms with Crippen molar-refractivity contribution in [1.82, 2.24) is 9.29 Å². The Labute approximate surface area is 225 Å². The molecule has 0 aliphatic carbocycles. The van der Waals surface area contributed by atoms with E-state index in [1.807, 2.05) is 31.2 Å². The second-order valence-electron chi connectivity index (χ2n) is 8.36. The average molecular weight is 559 g/mol. The Hall–Kier alpha value is -3.17. The molecule has 0 atom stereocenters. The number of pyridine rings is 1. The second-order valence-corrected chi connectivity index (χ2v) is 11.2. The number of halogens is 2. The van der Waals surface area contributed by atoms with Crippen LogP contribution in [0.1, 0.15) is 27.2 Å². The summed E-state index contributed by atoms with van der Waals surface area (Å²) in [5.74, 6) is 0.0264. The van der Waals surface area contributed by atoms with Gasteiger partial charge in [-0.25, -0.2) is 18.2 Å². The predicted octanol–water partition coefficient (Wildman–Crippen LogP) is 6.04. The number of esters is 1. The van der Waals surface area contributed by atoms with Gasteiger partial charge in [-0.05, 0) is 48.9 Å². The number of carbonyl (C=O) groups excluding carboxylic acids is 1. The van der Waals surface area contributed by atoms with Gasteiger partial charge in [-0.1, -0.05) is 53.5 Å². The van der Waals surface area contributed by atoms with E-state index in [9.17, 15) is 13.2 Å². The fraction of sp³-hybridized carbons (Fsp3) is 0.185. The number of aromatic nitrogens is 1. The summed E-state index contributed by atoms with van der Waals surface area (Å²) in [6.07, 6.45) is 0. The normalized spacial score (nSPS) is 11.6. The van der Waals surface area contributed by atoms with Crippen molar-refractivity contribution in [3.8, 4) is 5.75 Å². The minimum absolute atomic E-state index is 0.0129. The molecule has 3 aromatic carbocycles. The van der Waals surface area contributed by atoms with Crippen molar-refractivity contribution >= 4 is 50.1 Å². The molecule has 0 amide bonds. The molecule has 0 aliphatic rings. The highest BCUT2D eigenvalue weighted by molar-refractivity contribution is 7.89. The van der Waals surface area contributed by atoms with Crippen LogP contribution in [0.5, 0.6) is 5.75 Å². The van der Waals surface area contributed by atoms with E-state index in [4.69, 9.17) is 32.7 Å². The van der Waals surface area contributed by atoms with E-state index in [0.29, 0.717) is 28.0 Å². The smallest absolute Gasteiger partial charge is 0.337 e. The first-order valence-electron chi connectivity index (χ1n) is 11.2. The van der Waals surface area contributed by atoms with Gasteiger partial charge in [-0.15, -0.1) is 0 Å². The summed E-state index contributed by atoms with van der Waals surface area (Å²) < 4.78 is 38.8. The van der Waals surface area contributed by atoms with Gasteiger partial charge in [0.05, 0.1) is 17.7 Å². The number of carbonyl (C=O) groups is 1. The first-order valence-corrected chi connectivity index (χ1v) is 13.4. The summed E-state index contributed by atoms with van der Waals surface area (Å²) in [5, 5.41) is 1.17. The Kier molecular flexibility index (Phi) is 8.04. The third kappa shape index (κ3) is 5.72. The first kappa shape index (κ1) is 26.9. The van der Waals surface area contributed by atoms with Crippen LogP contribution in [-0.4, -0.2) is 37.8 Å². The van der Waals surface area contributed by atoms with Crippen molar-refractivity contribution in [2.75, 3.05) is 14.2 Å². The molecule has 0 saturated carbocycles. The lowest BCUT2D eigenvalue weighted by molar-refractivity contribution is 0.0600. The van der Waals surface area contributed by atoms with Gasteiger partial charge in [0.1, 0.15) is 22.8 Å². The molecule has 0 fully saturated rings. The molecular formula is C27H24Cl2N2O5S. The average Bonchev–Trinajstić information content (AvgIpc) is 2.88. The molecule has 10 heteroatoms. The van der Waals surface area contributed by atoms with Gasteiger partial charge < -0.3 is 9.47 Å². The molecule has 37 heavy (non-hydrogen) atoms. The molecule has 192 valence electrons. The standard InChI is InChI=1S/C27H24Cl2N2O5S/c1-17-10-11-19-7-5-9-23(26(19)30-17)36-16-21-22(28)12-13-24(25(21)29)37(33,34)31(2)15-18-6-4-8-20(14-18)27(32)35-3/h4-14H,15-16H2,1-3H3. The monoisotopic (exact) mass is 558 g/mol. The third-order valence-corrected chi connectivity index (χ3v) is 8.53. The highest BCUT2D eigenvalue weighted by Crippen LogP contribution is 2.34. The Bertz CT molecular complexity index is 1590. The van der Waals surface area contributed by atoms with Crippen molar-refractivity contribution in [1.29, 1.82) is 0 Å². The van der Waals surface area contributed by atoms with E-state index >= 15 is 0 Å². The maximum atomic E-state index is 13.4. The van der Waals surface area contributed by atoms with E-state index in [2.05, 4.69) is 4.98 Å². The van der Waals surface area contributed by atoms with Gasteiger partial charge in [0.25, 0.3) is 0 Å². The minimum Gasteiger partial charge on any atom is -0.487 e. The third-order valence-electron chi connectivity index (χ3n) is 5.79. The van der Waals surface area contributed by atoms with Gasteiger partial charge in [0.15, 0.2) is 0 Å². The Morgan fingerprint density at radius 2 is 1.78 bits per heavy atom. The molecular weight excluding hydrogens is 535 g/mol. The van der Waals surface area contributed by atoms with Crippen LogP contribution in [0.15, 0.2) is 71.6 Å². The number of hydrogen-bond donors (Lipinski definition) is 0. The summed E-state index contributed by atoms with van der Waals surface area (Å²) in [6, 6.07) is 18.8. The largest absolute Gasteiger partial charge is 0.487 e. The number of aryl methyl sites for hydroxylation is 1. The Morgan fingerprint density at radius 3 is 2.54 bits per heavy atom. The summed E-state index contributed by atoms with van der Waals surface area (Å²) in [7, 11) is -1.29. The van der Waals surface area contributed by atoms with Gasteiger partial charge in [0, 0.05) is 35.3 Å². The number of nitrogens with zero attached hydrogens (tertiary/aromatic N) is 2. The van der Waals surface area contributed by atoms with E-state index in [0.717, 1.165) is 15.4 Å². The molecule has 0 N–H and O–H groups in total. The van der Waals surface area contributed by atoms with Crippen LogP contribution in [0, 0.1) is 6.92 Å². The second kappa shape index (κ2) is 11.1. The molecule has 0 saturated heterocycles. The zero-order valence-corrected chi connectivity index (χ0v) is 22.7. The molecule has 0 bridgehead atoms. The number of hydrogen-bond acceptors (Lipinski definition) is 6. The van der Waals surface area contributed by atoms with Gasteiger partial charge in [0.2, 0.25) is 10.0 Å². The van der Waals surface area contributed by atoms with Crippen molar-refractivity contribution < 1.29 is 22.7 Å². The van der Waals surface area contributed by atoms with Crippen LogP contribution in [0.25, 0.3) is 10.9 Å². The molecule has 4 aromatic rings. The van der Waals surface area contributed by atoms with Crippen LogP contribution >= 0.6 is 23.2 Å². The minimum atomic E-state index is -4.01. The molecule has 4 rings (SSSR count).